The maximum Gasteiger partial charge on any atom is 0.244 e. The predicted molar refractivity (Wildman–Crippen MR) is 99.7 cm³/mol. The van der Waals surface area contributed by atoms with Gasteiger partial charge in [0.1, 0.15) is 5.25 Å². The van der Waals surface area contributed by atoms with Crippen molar-refractivity contribution < 1.29 is 4.79 Å². The first-order valence-electron chi connectivity index (χ1n) is 7.82. The number of carbonyl (C=O) groups is 1. The summed E-state index contributed by atoms with van der Waals surface area (Å²) in [6.07, 6.45) is 7.90. The van der Waals surface area contributed by atoms with Crippen LogP contribution in [-0.2, 0) is 4.79 Å². The van der Waals surface area contributed by atoms with Crippen LogP contribution in [0.25, 0.3) is 0 Å². The lowest BCUT2D eigenvalue weighted by Gasteiger charge is -2.20. The van der Waals surface area contributed by atoms with Crippen molar-refractivity contribution >= 4 is 46.8 Å². The van der Waals surface area contributed by atoms with Crippen LogP contribution in [0.3, 0.4) is 0 Å². The second-order valence-electron chi connectivity index (χ2n) is 5.66. The van der Waals surface area contributed by atoms with E-state index >= 15 is 0 Å². The predicted octanol–water partition coefficient (Wildman–Crippen LogP) is 5.14. The molecule has 0 aliphatic heterocycles. The first-order chi connectivity index (χ1) is 11.6. The highest BCUT2D eigenvalue weighted by atomic mass is 35.5. The van der Waals surface area contributed by atoms with Crippen LogP contribution >= 0.6 is 35.0 Å². The maximum atomic E-state index is 12.8. The Balaban J connectivity index is 1.82. The fourth-order valence-electron chi connectivity index (χ4n) is 2.72. The zero-order valence-corrected chi connectivity index (χ0v) is 15.2. The van der Waals surface area contributed by atoms with E-state index in [1.807, 2.05) is 6.07 Å². The van der Waals surface area contributed by atoms with Gasteiger partial charge in [0.15, 0.2) is 0 Å². The maximum absolute atomic E-state index is 12.8. The van der Waals surface area contributed by atoms with E-state index in [1.165, 1.54) is 12.8 Å². The number of thioether (sulfide) groups is 1. The summed E-state index contributed by atoms with van der Waals surface area (Å²) in [6, 6.07) is 7.06. The van der Waals surface area contributed by atoms with E-state index in [9.17, 15) is 4.79 Å². The number of halogens is 2. The molecule has 1 unspecified atom stereocenters. The van der Waals surface area contributed by atoms with E-state index in [1.54, 1.807) is 42.4 Å². The lowest BCUT2D eigenvalue weighted by atomic mass is 10.1. The molecule has 1 aromatic heterocycles. The minimum Gasteiger partial charge on any atom is -0.293 e. The molecule has 0 radical (unpaired) electrons. The van der Waals surface area contributed by atoms with Gasteiger partial charge in [-0.1, -0.05) is 42.1 Å². The number of benzene rings is 1. The van der Waals surface area contributed by atoms with Crippen molar-refractivity contribution in [2.45, 2.75) is 36.2 Å². The second-order valence-corrected chi connectivity index (χ2v) is 7.88. The molecular weight excluding hydrogens is 365 g/mol. The summed E-state index contributed by atoms with van der Waals surface area (Å²) in [6.45, 7) is 0. The molecule has 3 rings (SSSR count). The molecule has 1 aliphatic carbocycles. The summed E-state index contributed by atoms with van der Waals surface area (Å²) in [7, 11) is 0. The van der Waals surface area contributed by atoms with Crippen molar-refractivity contribution in [1.82, 2.24) is 9.97 Å². The fourth-order valence-corrected chi connectivity index (χ4v) is 4.51. The number of aromatic nitrogens is 2. The molecule has 24 heavy (non-hydrogen) atoms. The van der Waals surface area contributed by atoms with E-state index < -0.39 is 0 Å². The topological polar surface area (TPSA) is 54.9 Å². The standard InChI is InChI=1S/C17H17Cl2N3OS/c18-13-7-6-11(10-14(13)19)15(24-12-4-1-2-5-12)16(23)22-17-20-8-3-9-21-17/h3,6-10,12,15H,1-2,4-5H2,(H,20,21,22,23). The molecule has 0 bridgehead atoms. The number of carbonyl (C=O) groups excluding carboxylic acids is 1. The van der Waals surface area contributed by atoms with Crippen molar-refractivity contribution in [3.05, 3.63) is 52.3 Å². The van der Waals surface area contributed by atoms with E-state index in [-0.39, 0.29) is 11.2 Å². The van der Waals surface area contributed by atoms with E-state index in [2.05, 4.69) is 15.3 Å². The minimum atomic E-state index is -0.369. The smallest absolute Gasteiger partial charge is 0.244 e. The largest absolute Gasteiger partial charge is 0.293 e. The molecule has 0 saturated heterocycles. The first kappa shape index (κ1) is 17.5. The number of nitrogens with one attached hydrogen (secondary N) is 1. The number of hydrogen-bond acceptors (Lipinski definition) is 4. The first-order valence-corrected chi connectivity index (χ1v) is 9.51. The Labute approximate surface area is 155 Å². The zero-order valence-electron chi connectivity index (χ0n) is 12.9. The number of rotatable bonds is 5. The van der Waals surface area contributed by atoms with Gasteiger partial charge in [-0.25, -0.2) is 9.97 Å². The van der Waals surface area contributed by atoms with Crippen LogP contribution in [0.4, 0.5) is 5.95 Å². The summed E-state index contributed by atoms with van der Waals surface area (Å²) >= 11 is 13.8. The van der Waals surface area contributed by atoms with Gasteiger partial charge >= 0.3 is 0 Å². The highest BCUT2D eigenvalue weighted by Gasteiger charge is 2.28. The Morgan fingerprint density at radius 2 is 1.88 bits per heavy atom. The molecule has 1 N–H and O–H groups in total. The third-order valence-electron chi connectivity index (χ3n) is 3.92. The molecule has 126 valence electrons. The molecule has 2 aromatic rings. The third kappa shape index (κ3) is 4.41. The second kappa shape index (κ2) is 8.19. The quantitative estimate of drug-likeness (QED) is 0.778. The summed E-state index contributed by atoms with van der Waals surface area (Å²) in [5, 5.41) is 3.84. The molecule has 1 atom stereocenters. The van der Waals surface area contributed by atoms with Gasteiger partial charge in [0.05, 0.1) is 10.0 Å². The normalized spacial score (nSPS) is 16.1. The van der Waals surface area contributed by atoms with Crippen LogP contribution in [0, 0.1) is 0 Å². The zero-order chi connectivity index (χ0) is 16.9. The van der Waals surface area contributed by atoms with Crippen LogP contribution in [0.2, 0.25) is 10.0 Å². The average molecular weight is 382 g/mol. The molecule has 1 amide bonds. The Morgan fingerprint density at radius 3 is 2.54 bits per heavy atom. The highest BCUT2D eigenvalue weighted by molar-refractivity contribution is 8.00. The van der Waals surface area contributed by atoms with Crippen molar-refractivity contribution in [3.8, 4) is 0 Å². The summed E-state index contributed by atoms with van der Waals surface area (Å²) in [4.78, 5) is 20.9. The molecule has 1 aliphatic rings. The SMILES string of the molecule is O=C(Nc1ncccn1)C(SC1CCCC1)c1ccc(Cl)c(Cl)c1. The third-order valence-corrected chi connectivity index (χ3v) is 6.27. The van der Waals surface area contributed by atoms with E-state index in [0.29, 0.717) is 21.2 Å². The molecule has 0 spiro atoms. The van der Waals surface area contributed by atoms with Crippen LogP contribution < -0.4 is 5.32 Å². The average Bonchev–Trinajstić information content (AvgIpc) is 3.09. The van der Waals surface area contributed by atoms with Gasteiger partial charge < -0.3 is 0 Å². The van der Waals surface area contributed by atoms with Crippen molar-refractivity contribution in [2.75, 3.05) is 5.32 Å². The molecule has 4 nitrogen and oxygen atoms in total. The van der Waals surface area contributed by atoms with E-state index in [0.717, 1.165) is 18.4 Å². The Morgan fingerprint density at radius 1 is 1.17 bits per heavy atom. The van der Waals surface area contributed by atoms with Crippen LogP contribution in [0.15, 0.2) is 36.7 Å². The minimum absolute atomic E-state index is 0.142. The Hall–Kier alpha value is -1.30. The van der Waals surface area contributed by atoms with Crippen LogP contribution in [0.1, 0.15) is 36.5 Å². The number of hydrogen-bond donors (Lipinski definition) is 1. The van der Waals surface area contributed by atoms with Crippen LogP contribution in [-0.4, -0.2) is 21.1 Å². The molecule has 1 fully saturated rings. The molecule has 1 heterocycles. The Bertz CT molecular complexity index is 708. The van der Waals surface area contributed by atoms with Crippen molar-refractivity contribution in [1.29, 1.82) is 0 Å². The van der Waals surface area contributed by atoms with Crippen LogP contribution in [0.5, 0.6) is 0 Å². The van der Waals surface area contributed by atoms with Crippen molar-refractivity contribution in [3.63, 3.8) is 0 Å². The van der Waals surface area contributed by atoms with Gasteiger partial charge in [-0.15, -0.1) is 11.8 Å². The Kier molecular flexibility index (Phi) is 5.98. The van der Waals surface area contributed by atoms with E-state index in [4.69, 9.17) is 23.2 Å². The van der Waals surface area contributed by atoms with Gasteiger partial charge in [-0.2, -0.15) is 0 Å². The van der Waals surface area contributed by atoms with Gasteiger partial charge in [0.2, 0.25) is 11.9 Å². The molecule has 1 aromatic carbocycles. The van der Waals surface area contributed by atoms with Gasteiger partial charge in [-0.3, -0.25) is 10.1 Å². The molecular formula is C17H17Cl2N3OS. The number of nitrogens with zero attached hydrogens (tertiary/aromatic N) is 2. The molecule has 7 heteroatoms. The number of amides is 1. The number of anilines is 1. The molecule has 1 saturated carbocycles. The summed E-state index contributed by atoms with van der Waals surface area (Å²) in [5.41, 5.74) is 0.842. The van der Waals surface area contributed by atoms with Crippen molar-refractivity contribution in [2.24, 2.45) is 0 Å². The monoisotopic (exact) mass is 381 g/mol. The lowest BCUT2D eigenvalue weighted by molar-refractivity contribution is -0.115. The van der Waals surface area contributed by atoms with Gasteiger partial charge in [0.25, 0.3) is 0 Å². The fraction of sp³-hybridized carbons (Fsp3) is 0.353. The van der Waals surface area contributed by atoms with Gasteiger partial charge in [-0.05, 0) is 36.6 Å². The van der Waals surface area contributed by atoms with Gasteiger partial charge in [0, 0.05) is 17.6 Å². The highest BCUT2D eigenvalue weighted by Crippen LogP contribution is 2.41. The summed E-state index contributed by atoms with van der Waals surface area (Å²) < 4.78 is 0. The lowest BCUT2D eigenvalue weighted by Crippen LogP contribution is -2.22. The summed E-state index contributed by atoms with van der Waals surface area (Å²) in [5.74, 6) is 0.163.